The van der Waals surface area contributed by atoms with Crippen LogP contribution >= 0.6 is 0 Å². The molecule has 10 heteroatoms. The maximum Gasteiger partial charge on any atom is 0.394 e. The highest BCUT2D eigenvalue weighted by Crippen LogP contribution is 2.32. The average molecular weight is 483 g/mol. The third kappa shape index (κ3) is 8.95. The SMILES string of the molecule is CC.COc1ccc(N(N)/C(=C\C(C)C(F)(F)F)c2ccc(OCCNC(=O)CN)cc2)cc1. The van der Waals surface area contributed by atoms with Gasteiger partial charge in [-0.3, -0.25) is 9.80 Å². The number of ether oxygens (including phenoxy) is 2. The zero-order valence-corrected chi connectivity index (χ0v) is 19.9. The van der Waals surface area contributed by atoms with Crippen molar-refractivity contribution in [1.82, 2.24) is 5.32 Å². The molecule has 0 saturated carbocycles. The quantitative estimate of drug-likeness (QED) is 0.268. The van der Waals surface area contributed by atoms with Crippen LogP contribution in [0.5, 0.6) is 11.5 Å². The summed E-state index contributed by atoms with van der Waals surface area (Å²) in [4.78, 5) is 11.1. The Kier molecular flexibility index (Phi) is 12.0. The van der Waals surface area contributed by atoms with E-state index < -0.39 is 12.1 Å². The summed E-state index contributed by atoms with van der Waals surface area (Å²) in [5.41, 5.74) is 6.35. The largest absolute Gasteiger partial charge is 0.497 e. The Hall–Kier alpha value is -3.24. The first-order valence-electron chi connectivity index (χ1n) is 10.8. The molecule has 0 aromatic heterocycles. The molecule has 0 radical (unpaired) electrons. The van der Waals surface area contributed by atoms with E-state index >= 15 is 0 Å². The third-order valence-corrected chi connectivity index (χ3v) is 4.56. The minimum Gasteiger partial charge on any atom is -0.497 e. The molecule has 2 rings (SSSR count). The Morgan fingerprint density at radius 3 is 2.15 bits per heavy atom. The smallest absolute Gasteiger partial charge is 0.394 e. The summed E-state index contributed by atoms with van der Waals surface area (Å²) in [5.74, 6) is 5.29. The minimum absolute atomic E-state index is 0.107. The number of hydrazine groups is 1. The number of carbonyl (C=O) groups excluding carboxylic acids is 1. The molecular weight excluding hydrogens is 449 g/mol. The first-order chi connectivity index (χ1) is 16.2. The lowest BCUT2D eigenvalue weighted by Crippen LogP contribution is -2.33. The van der Waals surface area contributed by atoms with E-state index in [4.69, 9.17) is 21.1 Å². The van der Waals surface area contributed by atoms with Gasteiger partial charge in [0.25, 0.3) is 0 Å². The molecule has 0 fully saturated rings. The first-order valence-corrected chi connectivity index (χ1v) is 10.8. The van der Waals surface area contributed by atoms with Gasteiger partial charge in [-0.15, -0.1) is 0 Å². The van der Waals surface area contributed by atoms with Crippen LogP contribution in [0, 0.1) is 5.92 Å². The summed E-state index contributed by atoms with van der Waals surface area (Å²) in [7, 11) is 1.52. The van der Waals surface area contributed by atoms with Crippen molar-refractivity contribution < 1.29 is 27.4 Å². The zero-order valence-electron chi connectivity index (χ0n) is 19.9. The van der Waals surface area contributed by atoms with Gasteiger partial charge in [-0.25, -0.2) is 5.84 Å². The van der Waals surface area contributed by atoms with Gasteiger partial charge in [0.1, 0.15) is 18.1 Å². The lowest BCUT2D eigenvalue weighted by atomic mass is 10.0. The number of hydrogen-bond donors (Lipinski definition) is 3. The number of nitrogens with one attached hydrogen (secondary N) is 1. The van der Waals surface area contributed by atoms with Crippen LogP contribution in [0.4, 0.5) is 18.9 Å². The van der Waals surface area contributed by atoms with Crippen molar-refractivity contribution >= 4 is 17.3 Å². The fourth-order valence-electron chi connectivity index (χ4n) is 2.68. The fourth-order valence-corrected chi connectivity index (χ4v) is 2.68. The van der Waals surface area contributed by atoms with Gasteiger partial charge >= 0.3 is 6.18 Å². The van der Waals surface area contributed by atoms with Crippen LogP contribution in [0.15, 0.2) is 54.6 Å². The summed E-state index contributed by atoms with van der Waals surface area (Å²) < 4.78 is 50.3. The lowest BCUT2D eigenvalue weighted by molar-refractivity contribution is -0.156. The summed E-state index contributed by atoms with van der Waals surface area (Å²) in [6, 6.07) is 13.1. The maximum absolute atomic E-state index is 13.2. The van der Waals surface area contributed by atoms with Gasteiger partial charge in [-0.1, -0.05) is 20.8 Å². The maximum atomic E-state index is 13.2. The first kappa shape index (κ1) is 28.8. The highest BCUT2D eigenvalue weighted by atomic mass is 19.4. The highest BCUT2D eigenvalue weighted by molar-refractivity contribution is 5.79. The Morgan fingerprint density at radius 1 is 1.09 bits per heavy atom. The number of anilines is 1. The van der Waals surface area contributed by atoms with Crippen LogP contribution in [0.2, 0.25) is 0 Å². The molecule has 0 saturated heterocycles. The Labute approximate surface area is 198 Å². The third-order valence-electron chi connectivity index (χ3n) is 4.56. The summed E-state index contributed by atoms with van der Waals surface area (Å²) in [5, 5.41) is 3.77. The molecule has 1 amide bonds. The van der Waals surface area contributed by atoms with Crippen molar-refractivity contribution in [3.8, 4) is 11.5 Å². The van der Waals surface area contributed by atoms with E-state index in [0.717, 1.165) is 13.0 Å². The average Bonchev–Trinajstić information content (AvgIpc) is 2.85. The molecule has 2 aromatic rings. The Balaban J connectivity index is 0.00000281. The van der Waals surface area contributed by atoms with Gasteiger partial charge < -0.3 is 20.5 Å². The van der Waals surface area contributed by atoms with Crippen molar-refractivity contribution in [3.63, 3.8) is 0 Å². The van der Waals surface area contributed by atoms with Crippen molar-refractivity contribution in [2.45, 2.75) is 26.9 Å². The lowest BCUT2D eigenvalue weighted by Gasteiger charge is -2.25. The van der Waals surface area contributed by atoms with Gasteiger partial charge in [-0.2, -0.15) is 13.2 Å². The molecular formula is C24H33F3N4O3. The number of carbonyl (C=O) groups is 1. The van der Waals surface area contributed by atoms with Crippen molar-refractivity contribution in [3.05, 3.63) is 60.2 Å². The zero-order chi connectivity index (χ0) is 25.7. The second kappa shape index (κ2) is 14.1. The van der Waals surface area contributed by atoms with E-state index in [1.807, 2.05) is 13.8 Å². The molecule has 0 heterocycles. The monoisotopic (exact) mass is 482 g/mol. The molecule has 1 atom stereocenters. The van der Waals surface area contributed by atoms with Crippen LogP contribution in [0.25, 0.3) is 5.70 Å². The van der Waals surface area contributed by atoms with Gasteiger partial charge in [0, 0.05) is 0 Å². The number of alkyl halides is 3. The predicted octanol–water partition coefficient (Wildman–Crippen LogP) is 4.09. The van der Waals surface area contributed by atoms with Gasteiger partial charge in [0.2, 0.25) is 5.91 Å². The number of benzene rings is 2. The Bertz CT molecular complexity index is 901. The molecule has 0 aliphatic rings. The van der Waals surface area contributed by atoms with E-state index in [1.165, 1.54) is 12.1 Å². The van der Waals surface area contributed by atoms with E-state index in [9.17, 15) is 18.0 Å². The molecule has 1 unspecified atom stereocenters. The second-order valence-corrected chi connectivity index (χ2v) is 6.88. The fraction of sp³-hybridized carbons (Fsp3) is 0.375. The Morgan fingerprint density at radius 2 is 1.65 bits per heavy atom. The van der Waals surface area contributed by atoms with Crippen LogP contribution < -0.4 is 31.4 Å². The van der Waals surface area contributed by atoms with Gasteiger partial charge in [-0.05, 0) is 60.2 Å². The van der Waals surface area contributed by atoms with Crippen molar-refractivity contribution in [2.75, 3.05) is 31.8 Å². The number of nitrogens with zero attached hydrogens (tertiary/aromatic N) is 1. The van der Waals surface area contributed by atoms with E-state index in [1.54, 1.807) is 48.5 Å². The number of hydrogen-bond acceptors (Lipinski definition) is 6. The second-order valence-electron chi connectivity index (χ2n) is 6.88. The number of nitrogens with two attached hydrogens (primary N) is 2. The van der Waals surface area contributed by atoms with Crippen molar-refractivity contribution in [1.29, 1.82) is 0 Å². The van der Waals surface area contributed by atoms with Crippen LogP contribution in [-0.2, 0) is 4.79 Å². The number of rotatable bonds is 10. The molecule has 7 nitrogen and oxygen atoms in total. The van der Waals surface area contributed by atoms with Crippen molar-refractivity contribution in [2.24, 2.45) is 17.5 Å². The molecule has 34 heavy (non-hydrogen) atoms. The molecule has 0 bridgehead atoms. The van der Waals surface area contributed by atoms with Gasteiger partial charge in [0.05, 0.1) is 37.5 Å². The highest BCUT2D eigenvalue weighted by Gasteiger charge is 2.35. The van der Waals surface area contributed by atoms with Gasteiger partial charge in [0.15, 0.2) is 0 Å². The van der Waals surface area contributed by atoms with Crippen LogP contribution in [-0.4, -0.2) is 38.9 Å². The number of methoxy groups -OCH3 is 1. The molecule has 0 aliphatic heterocycles. The minimum atomic E-state index is -4.41. The summed E-state index contributed by atoms with van der Waals surface area (Å²) >= 11 is 0. The summed E-state index contributed by atoms with van der Waals surface area (Å²) in [6.45, 7) is 5.45. The standard InChI is InChI=1S/C22H27F3N4O3.C2H6/c1-15(22(23,24)25)13-20(29(27)17-5-9-18(31-2)10-6-17)16-3-7-19(8-4-16)32-12-11-28-21(30)14-26;1-2/h3-10,13,15H,11-12,14,26-27H2,1-2H3,(H,28,30);1-2H3/b20-13-;. The normalized spacial score (nSPS) is 12.2. The molecule has 0 aliphatic carbocycles. The summed E-state index contributed by atoms with van der Waals surface area (Å²) in [6.07, 6.45) is -3.34. The number of amides is 1. The van der Waals surface area contributed by atoms with E-state index in [2.05, 4.69) is 5.32 Å². The van der Waals surface area contributed by atoms with E-state index in [-0.39, 0.29) is 31.3 Å². The number of allylic oxidation sites excluding steroid dienone is 1. The predicted molar refractivity (Wildman–Crippen MR) is 128 cm³/mol. The van der Waals surface area contributed by atoms with Crippen LogP contribution in [0.3, 0.4) is 0 Å². The number of halogens is 3. The molecule has 188 valence electrons. The molecule has 5 N–H and O–H groups in total. The topological polar surface area (TPSA) is 103 Å². The molecule has 0 spiro atoms. The molecule has 2 aromatic carbocycles. The van der Waals surface area contributed by atoms with E-state index in [0.29, 0.717) is 22.7 Å². The van der Waals surface area contributed by atoms with Crippen LogP contribution in [0.1, 0.15) is 26.3 Å².